The summed E-state index contributed by atoms with van der Waals surface area (Å²) in [5.74, 6) is 1.02. The second kappa shape index (κ2) is 6.68. The van der Waals surface area contributed by atoms with E-state index in [4.69, 9.17) is 0 Å². The average molecular weight is 348 g/mol. The molecule has 1 aliphatic heterocycles. The molecule has 0 radical (unpaired) electrons. The first-order valence-corrected chi connectivity index (χ1v) is 9.63. The van der Waals surface area contributed by atoms with E-state index in [-0.39, 0.29) is 0 Å². The molecule has 0 bridgehead atoms. The third-order valence-electron chi connectivity index (χ3n) is 5.80. The Hall–Kier alpha value is -2.47. The van der Waals surface area contributed by atoms with Crippen LogP contribution in [-0.4, -0.2) is 56.9 Å². The summed E-state index contributed by atoms with van der Waals surface area (Å²) in [4.78, 5) is 14.2. The highest BCUT2D eigenvalue weighted by Gasteiger charge is 2.27. The number of rotatable bonds is 3. The minimum Gasteiger partial charge on any atom is -0.353 e. The first-order valence-electron chi connectivity index (χ1n) is 9.63. The van der Waals surface area contributed by atoms with E-state index in [1.54, 1.807) is 6.33 Å². The van der Waals surface area contributed by atoms with Crippen LogP contribution in [0.25, 0.3) is 16.7 Å². The van der Waals surface area contributed by atoms with Crippen molar-refractivity contribution in [3.8, 4) is 5.69 Å². The maximum atomic E-state index is 4.60. The molecule has 1 saturated heterocycles. The molecule has 5 rings (SSSR count). The fraction of sp³-hybridized carbons (Fsp3) is 0.450. The lowest BCUT2D eigenvalue weighted by atomic mass is 10.2. The predicted molar refractivity (Wildman–Crippen MR) is 103 cm³/mol. The van der Waals surface area contributed by atoms with Crippen molar-refractivity contribution >= 4 is 16.9 Å². The normalized spacial score (nSPS) is 19.5. The van der Waals surface area contributed by atoms with Gasteiger partial charge in [0.1, 0.15) is 12.1 Å². The molecule has 0 spiro atoms. The van der Waals surface area contributed by atoms with Gasteiger partial charge in [-0.05, 0) is 25.0 Å². The molecule has 6 heteroatoms. The summed E-state index contributed by atoms with van der Waals surface area (Å²) in [5, 5.41) is 5.61. The molecule has 1 aliphatic carbocycles. The molecular weight excluding hydrogens is 324 g/mol. The molecule has 2 aliphatic rings. The quantitative estimate of drug-likeness (QED) is 0.728. The molecule has 1 aromatic carbocycles. The first kappa shape index (κ1) is 15.8. The molecule has 2 fully saturated rings. The molecule has 1 saturated carbocycles. The first-order chi connectivity index (χ1) is 12.9. The summed E-state index contributed by atoms with van der Waals surface area (Å²) in [6.07, 6.45) is 9.12. The van der Waals surface area contributed by atoms with Crippen LogP contribution < -0.4 is 4.90 Å². The Morgan fingerprint density at radius 3 is 2.42 bits per heavy atom. The topological polar surface area (TPSA) is 50.1 Å². The minimum absolute atomic E-state index is 0.809. The van der Waals surface area contributed by atoms with E-state index in [1.807, 2.05) is 29.1 Å². The van der Waals surface area contributed by atoms with Crippen molar-refractivity contribution in [2.45, 2.75) is 31.7 Å². The molecule has 26 heavy (non-hydrogen) atoms. The average Bonchev–Trinajstić information content (AvgIpc) is 3.39. The molecule has 0 N–H and O–H groups in total. The van der Waals surface area contributed by atoms with Crippen molar-refractivity contribution in [1.82, 2.24) is 24.6 Å². The number of hydrogen-bond acceptors (Lipinski definition) is 5. The Morgan fingerprint density at radius 2 is 1.65 bits per heavy atom. The SMILES string of the molecule is c1ccc(-n2ncc3c(N4CCN(C5CCCC5)CC4)ncnc32)cc1. The van der Waals surface area contributed by atoms with Gasteiger partial charge in [-0.1, -0.05) is 31.0 Å². The number of aromatic nitrogens is 4. The van der Waals surface area contributed by atoms with Crippen LogP contribution in [0, 0.1) is 0 Å². The lowest BCUT2D eigenvalue weighted by molar-refractivity contribution is 0.187. The zero-order valence-electron chi connectivity index (χ0n) is 15.0. The van der Waals surface area contributed by atoms with Crippen molar-refractivity contribution in [2.75, 3.05) is 31.1 Å². The third kappa shape index (κ3) is 2.74. The number of benzene rings is 1. The van der Waals surface area contributed by atoms with Gasteiger partial charge in [-0.3, -0.25) is 4.90 Å². The summed E-state index contributed by atoms with van der Waals surface area (Å²) < 4.78 is 1.90. The second-order valence-corrected chi connectivity index (χ2v) is 7.29. The van der Waals surface area contributed by atoms with Gasteiger partial charge in [0.15, 0.2) is 5.65 Å². The van der Waals surface area contributed by atoms with Gasteiger partial charge in [0.2, 0.25) is 0 Å². The van der Waals surface area contributed by atoms with E-state index >= 15 is 0 Å². The van der Waals surface area contributed by atoms with Crippen LogP contribution in [-0.2, 0) is 0 Å². The van der Waals surface area contributed by atoms with E-state index in [0.717, 1.165) is 54.8 Å². The van der Waals surface area contributed by atoms with Crippen LogP contribution in [0.1, 0.15) is 25.7 Å². The van der Waals surface area contributed by atoms with Crippen LogP contribution in [0.5, 0.6) is 0 Å². The molecule has 3 heterocycles. The van der Waals surface area contributed by atoms with Crippen molar-refractivity contribution in [3.05, 3.63) is 42.9 Å². The number of anilines is 1. The van der Waals surface area contributed by atoms with E-state index in [0.29, 0.717) is 0 Å². The van der Waals surface area contributed by atoms with Gasteiger partial charge in [0.05, 0.1) is 17.3 Å². The summed E-state index contributed by atoms with van der Waals surface area (Å²) in [7, 11) is 0. The number of para-hydroxylation sites is 1. The monoisotopic (exact) mass is 348 g/mol. The van der Waals surface area contributed by atoms with E-state index in [9.17, 15) is 0 Å². The Balaban J connectivity index is 1.41. The molecule has 0 unspecified atom stereocenters. The van der Waals surface area contributed by atoms with Crippen LogP contribution >= 0.6 is 0 Å². The van der Waals surface area contributed by atoms with Crippen molar-refractivity contribution in [3.63, 3.8) is 0 Å². The summed E-state index contributed by atoms with van der Waals surface area (Å²) in [6.45, 7) is 4.31. The smallest absolute Gasteiger partial charge is 0.168 e. The Kier molecular flexibility index (Phi) is 4.05. The summed E-state index contributed by atoms with van der Waals surface area (Å²) in [6, 6.07) is 11.0. The summed E-state index contributed by atoms with van der Waals surface area (Å²) >= 11 is 0. The van der Waals surface area contributed by atoms with Crippen LogP contribution in [0.4, 0.5) is 5.82 Å². The lowest BCUT2D eigenvalue weighted by Gasteiger charge is -2.38. The highest BCUT2D eigenvalue weighted by atomic mass is 15.3. The maximum absolute atomic E-state index is 4.60. The number of nitrogens with zero attached hydrogens (tertiary/aromatic N) is 6. The number of hydrogen-bond donors (Lipinski definition) is 0. The van der Waals surface area contributed by atoms with Gasteiger partial charge in [0.25, 0.3) is 0 Å². The van der Waals surface area contributed by atoms with E-state index in [2.05, 4.69) is 37.0 Å². The molecule has 0 amide bonds. The molecule has 6 nitrogen and oxygen atoms in total. The van der Waals surface area contributed by atoms with Gasteiger partial charge < -0.3 is 4.90 Å². The van der Waals surface area contributed by atoms with Gasteiger partial charge in [-0.25, -0.2) is 14.6 Å². The van der Waals surface area contributed by atoms with Crippen molar-refractivity contribution in [2.24, 2.45) is 0 Å². The summed E-state index contributed by atoms with van der Waals surface area (Å²) in [5.41, 5.74) is 1.90. The Morgan fingerprint density at radius 1 is 0.885 bits per heavy atom. The lowest BCUT2D eigenvalue weighted by Crippen LogP contribution is -2.50. The zero-order chi connectivity index (χ0) is 17.3. The van der Waals surface area contributed by atoms with Gasteiger partial charge in [-0.2, -0.15) is 5.10 Å². The highest BCUT2D eigenvalue weighted by molar-refractivity contribution is 5.87. The molecular formula is C20H24N6. The van der Waals surface area contributed by atoms with Crippen LogP contribution in [0.15, 0.2) is 42.9 Å². The van der Waals surface area contributed by atoms with Gasteiger partial charge in [0, 0.05) is 32.2 Å². The van der Waals surface area contributed by atoms with E-state index < -0.39 is 0 Å². The molecule has 134 valence electrons. The highest BCUT2D eigenvalue weighted by Crippen LogP contribution is 2.28. The largest absolute Gasteiger partial charge is 0.353 e. The Labute approximate surface area is 153 Å². The zero-order valence-corrected chi connectivity index (χ0v) is 15.0. The standard InChI is InChI=1S/C20H24N6/c1-2-8-17(9-3-1)26-20-18(14-23-26)19(21-15-22-20)25-12-10-24(11-13-25)16-6-4-5-7-16/h1-3,8-9,14-16H,4-7,10-13H2. The molecule has 3 aromatic rings. The maximum Gasteiger partial charge on any atom is 0.168 e. The fourth-order valence-electron chi connectivity index (χ4n) is 4.41. The third-order valence-corrected chi connectivity index (χ3v) is 5.80. The molecule has 2 aromatic heterocycles. The van der Waals surface area contributed by atoms with Gasteiger partial charge in [-0.15, -0.1) is 0 Å². The van der Waals surface area contributed by atoms with Crippen LogP contribution in [0.2, 0.25) is 0 Å². The number of fused-ring (bicyclic) bond motifs is 1. The van der Waals surface area contributed by atoms with Crippen molar-refractivity contribution < 1.29 is 0 Å². The second-order valence-electron chi connectivity index (χ2n) is 7.29. The van der Waals surface area contributed by atoms with E-state index in [1.165, 1.54) is 25.7 Å². The fourth-order valence-corrected chi connectivity index (χ4v) is 4.41. The van der Waals surface area contributed by atoms with Crippen molar-refractivity contribution in [1.29, 1.82) is 0 Å². The van der Waals surface area contributed by atoms with Gasteiger partial charge >= 0.3 is 0 Å². The molecule has 0 atom stereocenters. The van der Waals surface area contributed by atoms with Crippen LogP contribution in [0.3, 0.4) is 0 Å². The number of piperazine rings is 1. The Bertz CT molecular complexity index is 876. The predicted octanol–water partition coefficient (Wildman–Crippen LogP) is 2.88. The minimum atomic E-state index is 0.809.